The summed E-state index contributed by atoms with van der Waals surface area (Å²) in [6.45, 7) is 0.604. The number of carbonyl (C=O) groups is 2. The fourth-order valence-corrected chi connectivity index (χ4v) is 2.57. The van der Waals surface area contributed by atoms with Crippen molar-refractivity contribution in [3.05, 3.63) is 23.9 Å². The number of nitrogens with zero attached hydrogens (tertiary/aromatic N) is 2. The van der Waals surface area contributed by atoms with Crippen LogP contribution >= 0.6 is 0 Å². The normalized spacial score (nSPS) is 15.9. The molecular weight excluding hydrogens is 270 g/mol. The van der Waals surface area contributed by atoms with E-state index in [1.54, 1.807) is 26.2 Å². The molecule has 2 N–H and O–H groups in total. The number of carboxylic acid groups (broad SMARTS) is 1. The van der Waals surface area contributed by atoms with Gasteiger partial charge in [0, 0.05) is 26.8 Å². The molecule has 1 aliphatic rings. The average Bonchev–Trinajstić information content (AvgIpc) is 2.41. The van der Waals surface area contributed by atoms with E-state index < -0.39 is 5.97 Å². The van der Waals surface area contributed by atoms with Gasteiger partial charge in [-0.05, 0) is 30.4 Å². The fraction of sp³-hybridized carbons (Fsp3) is 0.533. The number of carboxylic acids is 1. The van der Waals surface area contributed by atoms with Gasteiger partial charge in [0.05, 0.1) is 12.0 Å². The standard InChI is InChI=1S/C15H21N3O3/c1-18(2)14(21)11-4-5-12(16-9-11)17-10-15(6-3-7-15)8-13(19)20/h4-5,9H,3,6-8,10H2,1-2H3,(H,16,17)(H,19,20). The molecule has 1 fully saturated rings. The van der Waals surface area contributed by atoms with E-state index in [0.717, 1.165) is 19.3 Å². The third kappa shape index (κ3) is 3.71. The van der Waals surface area contributed by atoms with E-state index in [1.165, 1.54) is 11.1 Å². The lowest BCUT2D eigenvalue weighted by atomic mass is 9.66. The van der Waals surface area contributed by atoms with Crippen LogP contribution in [-0.4, -0.2) is 47.5 Å². The van der Waals surface area contributed by atoms with Gasteiger partial charge in [0.15, 0.2) is 0 Å². The van der Waals surface area contributed by atoms with Crippen molar-refractivity contribution in [2.45, 2.75) is 25.7 Å². The van der Waals surface area contributed by atoms with Gasteiger partial charge in [-0.15, -0.1) is 0 Å². The zero-order valence-electron chi connectivity index (χ0n) is 12.4. The zero-order chi connectivity index (χ0) is 15.5. The summed E-state index contributed by atoms with van der Waals surface area (Å²) in [5.41, 5.74) is 0.389. The first-order valence-corrected chi connectivity index (χ1v) is 7.05. The van der Waals surface area contributed by atoms with Crippen LogP contribution in [0.3, 0.4) is 0 Å². The molecule has 1 aromatic heterocycles. The number of rotatable bonds is 6. The largest absolute Gasteiger partial charge is 0.481 e. The van der Waals surface area contributed by atoms with Crippen molar-refractivity contribution in [2.24, 2.45) is 5.41 Å². The quantitative estimate of drug-likeness (QED) is 0.835. The van der Waals surface area contributed by atoms with E-state index in [2.05, 4.69) is 10.3 Å². The number of anilines is 1. The second-order valence-corrected chi connectivity index (χ2v) is 5.91. The predicted octanol–water partition coefficient (Wildman–Crippen LogP) is 1.84. The van der Waals surface area contributed by atoms with Gasteiger partial charge in [0.1, 0.15) is 5.82 Å². The molecule has 114 valence electrons. The van der Waals surface area contributed by atoms with E-state index in [0.29, 0.717) is 17.9 Å². The van der Waals surface area contributed by atoms with Gasteiger partial charge in [0.25, 0.3) is 5.91 Å². The van der Waals surface area contributed by atoms with Crippen LogP contribution in [0.5, 0.6) is 0 Å². The molecule has 1 saturated carbocycles. The van der Waals surface area contributed by atoms with Gasteiger partial charge >= 0.3 is 5.97 Å². The van der Waals surface area contributed by atoms with Gasteiger partial charge in [-0.25, -0.2) is 4.98 Å². The highest BCUT2D eigenvalue weighted by atomic mass is 16.4. The molecule has 21 heavy (non-hydrogen) atoms. The molecular formula is C15H21N3O3. The van der Waals surface area contributed by atoms with Crippen LogP contribution < -0.4 is 5.32 Å². The Labute approximate surface area is 124 Å². The molecule has 0 unspecified atom stereocenters. The number of carbonyl (C=O) groups excluding carboxylic acids is 1. The monoisotopic (exact) mass is 291 g/mol. The summed E-state index contributed by atoms with van der Waals surface area (Å²) in [5, 5.41) is 12.2. The smallest absolute Gasteiger partial charge is 0.303 e. The molecule has 0 spiro atoms. The highest BCUT2D eigenvalue weighted by molar-refractivity contribution is 5.93. The van der Waals surface area contributed by atoms with E-state index in [9.17, 15) is 9.59 Å². The van der Waals surface area contributed by atoms with E-state index in [4.69, 9.17) is 5.11 Å². The van der Waals surface area contributed by atoms with Crippen molar-refractivity contribution in [2.75, 3.05) is 26.0 Å². The first kappa shape index (κ1) is 15.3. The Balaban J connectivity index is 1.94. The number of nitrogens with one attached hydrogen (secondary N) is 1. The Bertz CT molecular complexity index is 521. The van der Waals surface area contributed by atoms with Crippen molar-refractivity contribution in [1.82, 2.24) is 9.88 Å². The van der Waals surface area contributed by atoms with E-state index >= 15 is 0 Å². The third-order valence-electron chi connectivity index (χ3n) is 4.00. The lowest BCUT2D eigenvalue weighted by Crippen LogP contribution is -2.38. The topological polar surface area (TPSA) is 82.5 Å². The van der Waals surface area contributed by atoms with Gasteiger partial charge in [-0.2, -0.15) is 0 Å². The number of amides is 1. The molecule has 0 saturated heterocycles. The number of aliphatic carboxylic acids is 1. The molecule has 1 amide bonds. The van der Waals surface area contributed by atoms with Gasteiger partial charge < -0.3 is 15.3 Å². The van der Waals surface area contributed by atoms with Crippen LogP contribution in [0.15, 0.2) is 18.3 Å². The van der Waals surface area contributed by atoms with Crippen LogP contribution in [0.4, 0.5) is 5.82 Å². The number of aromatic nitrogens is 1. The van der Waals surface area contributed by atoms with Crippen molar-refractivity contribution in [1.29, 1.82) is 0 Å². The minimum absolute atomic E-state index is 0.0876. The second-order valence-electron chi connectivity index (χ2n) is 5.91. The summed E-state index contributed by atoms with van der Waals surface area (Å²) >= 11 is 0. The third-order valence-corrected chi connectivity index (χ3v) is 4.00. The fourth-order valence-electron chi connectivity index (χ4n) is 2.57. The van der Waals surface area contributed by atoms with Crippen molar-refractivity contribution < 1.29 is 14.7 Å². The molecule has 0 atom stereocenters. The zero-order valence-corrected chi connectivity index (χ0v) is 12.4. The summed E-state index contributed by atoms with van der Waals surface area (Å²) in [6.07, 6.45) is 4.68. The number of hydrogen-bond donors (Lipinski definition) is 2. The van der Waals surface area contributed by atoms with Crippen LogP contribution in [0.25, 0.3) is 0 Å². The van der Waals surface area contributed by atoms with Crippen LogP contribution in [-0.2, 0) is 4.79 Å². The Hall–Kier alpha value is -2.11. The highest BCUT2D eigenvalue weighted by Crippen LogP contribution is 2.43. The highest BCUT2D eigenvalue weighted by Gasteiger charge is 2.38. The summed E-state index contributed by atoms with van der Waals surface area (Å²) in [4.78, 5) is 28.4. The molecule has 0 aromatic carbocycles. The van der Waals surface area contributed by atoms with Crippen LogP contribution in [0.1, 0.15) is 36.0 Å². The molecule has 0 radical (unpaired) electrons. The maximum absolute atomic E-state index is 11.7. The molecule has 2 rings (SSSR count). The van der Waals surface area contributed by atoms with Crippen molar-refractivity contribution in [3.63, 3.8) is 0 Å². The first-order valence-electron chi connectivity index (χ1n) is 7.05. The van der Waals surface area contributed by atoms with Gasteiger partial charge in [-0.1, -0.05) is 6.42 Å². The average molecular weight is 291 g/mol. The number of pyridine rings is 1. The minimum Gasteiger partial charge on any atom is -0.481 e. The molecule has 0 aliphatic heterocycles. The Morgan fingerprint density at radius 2 is 2.10 bits per heavy atom. The molecule has 6 nitrogen and oxygen atoms in total. The summed E-state index contributed by atoms with van der Waals surface area (Å²) in [6, 6.07) is 3.48. The Kier molecular flexibility index (Phi) is 4.45. The molecule has 1 aromatic rings. The Morgan fingerprint density at radius 3 is 2.52 bits per heavy atom. The van der Waals surface area contributed by atoms with Crippen molar-refractivity contribution >= 4 is 17.7 Å². The first-order chi connectivity index (χ1) is 9.92. The maximum atomic E-state index is 11.7. The summed E-state index contributed by atoms with van der Waals surface area (Å²) < 4.78 is 0. The van der Waals surface area contributed by atoms with Crippen molar-refractivity contribution in [3.8, 4) is 0 Å². The lowest BCUT2D eigenvalue weighted by molar-refractivity contribution is -0.141. The van der Waals surface area contributed by atoms with Gasteiger partial charge in [0.2, 0.25) is 0 Å². The molecule has 0 bridgehead atoms. The van der Waals surface area contributed by atoms with Gasteiger partial charge in [-0.3, -0.25) is 9.59 Å². The Morgan fingerprint density at radius 1 is 1.38 bits per heavy atom. The van der Waals surface area contributed by atoms with E-state index in [1.807, 2.05) is 0 Å². The van der Waals surface area contributed by atoms with Crippen LogP contribution in [0.2, 0.25) is 0 Å². The van der Waals surface area contributed by atoms with E-state index in [-0.39, 0.29) is 17.7 Å². The summed E-state index contributed by atoms with van der Waals surface area (Å²) in [7, 11) is 3.39. The molecule has 1 aliphatic carbocycles. The maximum Gasteiger partial charge on any atom is 0.303 e. The predicted molar refractivity (Wildman–Crippen MR) is 79.3 cm³/mol. The summed E-state index contributed by atoms with van der Waals surface area (Å²) in [5.74, 6) is -0.172. The van der Waals surface area contributed by atoms with Crippen LogP contribution in [0, 0.1) is 5.41 Å². The molecule has 6 heteroatoms. The lowest BCUT2D eigenvalue weighted by Gasteiger charge is -2.41. The minimum atomic E-state index is -0.753. The molecule has 1 heterocycles. The SMILES string of the molecule is CN(C)C(=O)c1ccc(NCC2(CC(=O)O)CCC2)nc1. The number of hydrogen-bond acceptors (Lipinski definition) is 4. The second kappa shape index (κ2) is 6.11.